The minimum Gasteiger partial charge on any atom is -0.332 e. The van der Waals surface area contributed by atoms with Gasteiger partial charge in [-0.05, 0) is 56.8 Å². The summed E-state index contributed by atoms with van der Waals surface area (Å²) in [6.45, 7) is 8.17. The number of aryl methyl sites for hydroxylation is 2. The van der Waals surface area contributed by atoms with Crippen molar-refractivity contribution in [3.63, 3.8) is 0 Å². The minimum absolute atomic E-state index is 0.0172. The number of aromatic amines is 1. The zero-order chi connectivity index (χ0) is 18.8. The lowest BCUT2D eigenvalue weighted by atomic mass is 10.1. The van der Waals surface area contributed by atoms with E-state index in [1.165, 1.54) is 0 Å². The SMILES string of the molecule is Cc1ccc(C(=O)N(Cc2cc3cccc(C)c3[nH]c2=O)C(C)C)cc1. The number of carbonyl (C=O) groups is 1. The molecule has 26 heavy (non-hydrogen) atoms. The van der Waals surface area contributed by atoms with Crippen LogP contribution in [0.4, 0.5) is 0 Å². The molecule has 0 atom stereocenters. The number of rotatable bonds is 4. The van der Waals surface area contributed by atoms with E-state index in [2.05, 4.69) is 4.98 Å². The van der Waals surface area contributed by atoms with Crippen LogP contribution in [0, 0.1) is 13.8 Å². The quantitative estimate of drug-likeness (QED) is 0.768. The Balaban J connectivity index is 1.97. The summed E-state index contributed by atoms with van der Waals surface area (Å²) in [7, 11) is 0. The van der Waals surface area contributed by atoms with Crippen molar-refractivity contribution in [3.05, 3.63) is 81.1 Å². The molecule has 0 aliphatic rings. The number of nitrogens with one attached hydrogen (secondary N) is 1. The number of aromatic nitrogens is 1. The molecule has 0 radical (unpaired) electrons. The van der Waals surface area contributed by atoms with Crippen LogP contribution in [0.1, 0.15) is 40.9 Å². The molecule has 134 valence electrons. The summed E-state index contributed by atoms with van der Waals surface area (Å²) >= 11 is 0. The van der Waals surface area contributed by atoms with Gasteiger partial charge in [-0.1, -0.05) is 35.9 Å². The average molecular weight is 348 g/mol. The minimum atomic E-state index is -0.144. The van der Waals surface area contributed by atoms with Gasteiger partial charge in [-0.15, -0.1) is 0 Å². The van der Waals surface area contributed by atoms with Gasteiger partial charge in [-0.2, -0.15) is 0 Å². The van der Waals surface area contributed by atoms with Crippen LogP contribution >= 0.6 is 0 Å². The number of para-hydroxylation sites is 1. The number of benzene rings is 2. The first-order valence-corrected chi connectivity index (χ1v) is 8.86. The highest BCUT2D eigenvalue weighted by Gasteiger charge is 2.20. The highest BCUT2D eigenvalue weighted by atomic mass is 16.2. The van der Waals surface area contributed by atoms with E-state index in [4.69, 9.17) is 0 Å². The molecule has 0 unspecified atom stereocenters. The molecule has 4 heteroatoms. The van der Waals surface area contributed by atoms with Gasteiger partial charge >= 0.3 is 0 Å². The second-order valence-electron chi connectivity index (χ2n) is 7.06. The third-order valence-corrected chi connectivity index (χ3v) is 4.69. The molecule has 0 bridgehead atoms. The molecule has 1 aromatic heterocycles. The number of hydrogen-bond acceptors (Lipinski definition) is 2. The maximum atomic E-state index is 12.9. The van der Waals surface area contributed by atoms with Crippen molar-refractivity contribution in [1.29, 1.82) is 0 Å². The van der Waals surface area contributed by atoms with E-state index in [1.54, 1.807) is 4.90 Å². The van der Waals surface area contributed by atoms with Gasteiger partial charge in [-0.25, -0.2) is 0 Å². The summed E-state index contributed by atoms with van der Waals surface area (Å²) < 4.78 is 0. The molecule has 1 amide bonds. The van der Waals surface area contributed by atoms with Crippen molar-refractivity contribution in [1.82, 2.24) is 9.88 Å². The lowest BCUT2D eigenvalue weighted by Crippen LogP contribution is -2.38. The van der Waals surface area contributed by atoms with Gasteiger partial charge in [0.15, 0.2) is 0 Å². The number of H-pyrrole nitrogens is 1. The number of hydrogen-bond donors (Lipinski definition) is 1. The fourth-order valence-corrected chi connectivity index (χ4v) is 3.08. The number of carbonyl (C=O) groups excluding carboxylic acids is 1. The monoisotopic (exact) mass is 348 g/mol. The van der Waals surface area contributed by atoms with Crippen LogP contribution in [-0.4, -0.2) is 21.8 Å². The zero-order valence-corrected chi connectivity index (χ0v) is 15.7. The van der Waals surface area contributed by atoms with Crippen LogP contribution in [0.2, 0.25) is 0 Å². The molecule has 0 saturated heterocycles. The zero-order valence-electron chi connectivity index (χ0n) is 15.7. The Morgan fingerprint density at radius 3 is 2.42 bits per heavy atom. The molecule has 3 rings (SSSR count). The van der Waals surface area contributed by atoms with Crippen molar-refractivity contribution < 1.29 is 4.79 Å². The van der Waals surface area contributed by atoms with Gasteiger partial charge in [-0.3, -0.25) is 9.59 Å². The van der Waals surface area contributed by atoms with Crippen molar-refractivity contribution >= 4 is 16.8 Å². The van der Waals surface area contributed by atoms with Crippen LogP contribution in [-0.2, 0) is 6.54 Å². The Labute approximate surface area is 153 Å². The molecule has 0 saturated carbocycles. The first kappa shape index (κ1) is 17.9. The molecule has 4 nitrogen and oxygen atoms in total. The van der Waals surface area contributed by atoms with Crippen molar-refractivity contribution in [2.24, 2.45) is 0 Å². The number of pyridine rings is 1. The maximum absolute atomic E-state index is 12.9. The fourth-order valence-electron chi connectivity index (χ4n) is 3.08. The largest absolute Gasteiger partial charge is 0.332 e. The Bertz CT molecular complexity index is 1000. The standard InChI is InChI=1S/C22H24N2O2/c1-14(2)24(22(26)17-10-8-15(3)9-11-17)13-19-12-18-7-5-6-16(4)20(18)23-21(19)25/h5-12,14H,13H2,1-4H3,(H,23,25). The smallest absolute Gasteiger partial charge is 0.254 e. The molecule has 0 spiro atoms. The average Bonchev–Trinajstić information content (AvgIpc) is 2.60. The van der Waals surface area contributed by atoms with Gasteiger partial charge < -0.3 is 9.88 Å². The van der Waals surface area contributed by atoms with E-state index in [0.29, 0.717) is 11.1 Å². The van der Waals surface area contributed by atoms with E-state index >= 15 is 0 Å². The van der Waals surface area contributed by atoms with Gasteiger partial charge in [0.05, 0.1) is 12.1 Å². The predicted octanol–water partition coefficient (Wildman–Crippen LogP) is 4.20. The lowest BCUT2D eigenvalue weighted by Gasteiger charge is -2.27. The van der Waals surface area contributed by atoms with Crippen LogP contribution in [0.25, 0.3) is 10.9 Å². The van der Waals surface area contributed by atoms with E-state index in [0.717, 1.165) is 22.0 Å². The molecular weight excluding hydrogens is 324 g/mol. The van der Waals surface area contributed by atoms with Crippen molar-refractivity contribution in [3.8, 4) is 0 Å². The normalized spacial score (nSPS) is 11.1. The highest BCUT2D eigenvalue weighted by molar-refractivity contribution is 5.94. The molecule has 0 aliphatic heterocycles. The van der Waals surface area contributed by atoms with Crippen LogP contribution in [0.3, 0.4) is 0 Å². The first-order chi connectivity index (χ1) is 12.4. The lowest BCUT2D eigenvalue weighted by molar-refractivity contribution is 0.0689. The van der Waals surface area contributed by atoms with Gasteiger partial charge in [0.1, 0.15) is 0 Å². The van der Waals surface area contributed by atoms with Crippen molar-refractivity contribution in [2.75, 3.05) is 0 Å². The predicted molar refractivity (Wildman–Crippen MR) is 105 cm³/mol. The molecule has 0 fully saturated rings. The van der Waals surface area contributed by atoms with E-state index in [1.807, 2.05) is 76.2 Å². The summed E-state index contributed by atoms with van der Waals surface area (Å²) in [5.41, 5.74) is 4.08. The Kier molecular flexibility index (Phi) is 4.94. The van der Waals surface area contributed by atoms with Gasteiger partial charge in [0.2, 0.25) is 0 Å². The summed E-state index contributed by atoms with van der Waals surface area (Å²) in [5.74, 6) is -0.0660. The van der Waals surface area contributed by atoms with Crippen molar-refractivity contribution in [2.45, 2.75) is 40.3 Å². The highest BCUT2D eigenvalue weighted by Crippen LogP contribution is 2.17. The third-order valence-electron chi connectivity index (χ3n) is 4.69. The Morgan fingerprint density at radius 2 is 1.77 bits per heavy atom. The Hall–Kier alpha value is -2.88. The second-order valence-corrected chi connectivity index (χ2v) is 7.06. The fraction of sp³-hybridized carbons (Fsp3) is 0.273. The molecular formula is C22H24N2O2. The number of amides is 1. The maximum Gasteiger partial charge on any atom is 0.254 e. The third kappa shape index (κ3) is 3.54. The van der Waals surface area contributed by atoms with Crippen LogP contribution in [0.15, 0.2) is 53.3 Å². The van der Waals surface area contributed by atoms with Gasteiger partial charge in [0.25, 0.3) is 11.5 Å². The van der Waals surface area contributed by atoms with Crippen LogP contribution in [0.5, 0.6) is 0 Å². The molecule has 2 aromatic carbocycles. The van der Waals surface area contributed by atoms with Crippen LogP contribution < -0.4 is 5.56 Å². The molecule has 1 heterocycles. The molecule has 0 aliphatic carbocycles. The summed E-state index contributed by atoms with van der Waals surface area (Å²) in [5, 5.41) is 0.978. The summed E-state index contributed by atoms with van der Waals surface area (Å²) in [6.07, 6.45) is 0. The first-order valence-electron chi connectivity index (χ1n) is 8.86. The second kappa shape index (κ2) is 7.16. The Morgan fingerprint density at radius 1 is 1.08 bits per heavy atom. The number of nitrogens with zero attached hydrogens (tertiary/aromatic N) is 1. The van der Waals surface area contributed by atoms with E-state index in [-0.39, 0.29) is 24.1 Å². The van der Waals surface area contributed by atoms with Gasteiger partial charge in [0, 0.05) is 17.2 Å². The molecule has 1 N–H and O–H groups in total. The topological polar surface area (TPSA) is 53.2 Å². The van der Waals surface area contributed by atoms with E-state index in [9.17, 15) is 9.59 Å². The number of fused-ring (bicyclic) bond motifs is 1. The molecule has 3 aromatic rings. The summed E-state index contributed by atoms with van der Waals surface area (Å²) in [6, 6.07) is 15.3. The van der Waals surface area contributed by atoms with E-state index < -0.39 is 0 Å². The summed E-state index contributed by atoms with van der Waals surface area (Å²) in [4.78, 5) is 30.2.